The van der Waals surface area contributed by atoms with E-state index >= 15 is 0 Å². The van der Waals surface area contributed by atoms with Crippen LogP contribution < -0.4 is 10.9 Å². The van der Waals surface area contributed by atoms with Gasteiger partial charge in [-0.25, -0.2) is 9.97 Å². The van der Waals surface area contributed by atoms with Crippen LogP contribution in [-0.2, 0) is 11.3 Å². The fraction of sp³-hybridized carbons (Fsp3) is 0.100. The monoisotopic (exact) mass is 344 g/mol. The smallest absolute Gasteiger partial charge is 0.261 e. The van der Waals surface area contributed by atoms with Crippen molar-refractivity contribution in [2.75, 3.05) is 5.32 Å². The minimum Gasteiger partial charge on any atom is -0.309 e. The van der Waals surface area contributed by atoms with E-state index < -0.39 is 0 Å². The van der Waals surface area contributed by atoms with Gasteiger partial charge in [0.2, 0.25) is 5.91 Å². The molecule has 0 fully saturated rings. The number of carbonyl (C=O) groups is 1. The molecule has 1 amide bonds. The van der Waals surface area contributed by atoms with Gasteiger partial charge in [-0.2, -0.15) is 0 Å². The second-order valence-corrected chi connectivity index (χ2v) is 6.09. The lowest BCUT2D eigenvalue weighted by Crippen LogP contribution is -2.28. The van der Waals surface area contributed by atoms with E-state index in [2.05, 4.69) is 15.3 Å². The molecule has 0 atom stereocenters. The standard InChI is InChI=1S/C20H16N4O2/c1-13-5-4-7-15-19(13)21-12-24(20(15)26)11-18(25)23-17-10-9-14-6-2-3-8-16(14)22-17/h2-10,12H,11H2,1H3,(H,22,23,25). The van der Waals surface area contributed by atoms with E-state index in [1.807, 2.05) is 49.4 Å². The first-order valence-electron chi connectivity index (χ1n) is 8.22. The quantitative estimate of drug-likeness (QED) is 0.620. The molecule has 1 N–H and O–H groups in total. The van der Waals surface area contributed by atoms with E-state index in [1.54, 1.807) is 12.1 Å². The molecule has 2 aromatic carbocycles. The molecular formula is C20H16N4O2. The largest absolute Gasteiger partial charge is 0.309 e. The Morgan fingerprint density at radius 1 is 1.08 bits per heavy atom. The lowest BCUT2D eigenvalue weighted by molar-refractivity contribution is -0.116. The van der Waals surface area contributed by atoms with Crippen LogP contribution in [0.15, 0.2) is 65.7 Å². The molecule has 0 saturated carbocycles. The molecule has 0 spiro atoms. The second-order valence-electron chi connectivity index (χ2n) is 6.09. The first-order valence-corrected chi connectivity index (χ1v) is 8.22. The number of aryl methyl sites for hydroxylation is 1. The molecule has 4 aromatic rings. The summed E-state index contributed by atoms with van der Waals surface area (Å²) < 4.78 is 1.30. The van der Waals surface area contributed by atoms with E-state index in [0.29, 0.717) is 16.7 Å². The van der Waals surface area contributed by atoms with Crippen molar-refractivity contribution >= 4 is 33.5 Å². The Morgan fingerprint density at radius 3 is 2.81 bits per heavy atom. The molecule has 0 aliphatic carbocycles. The normalized spacial score (nSPS) is 11.0. The van der Waals surface area contributed by atoms with Crippen molar-refractivity contribution in [3.8, 4) is 0 Å². The van der Waals surface area contributed by atoms with Crippen molar-refractivity contribution in [3.63, 3.8) is 0 Å². The lowest BCUT2D eigenvalue weighted by atomic mass is 10.1. The van der Waals surface area contributed by atoms with E-state index in [4.69, 9.17) is 0 Å². The highest BCUT2D eigenvalue weighted by atomic mass is 16.2. The average molecular weight is 344 g/mol. The predicted octanol–water partition coefficient (Wildman–Crippen LogP) is 2.89. The summed E-state index contributed by atoms with van der Waals surface area (Å²) in [5.41, 5.74) is 2.15. The van der Waals surface area contributed by atoms with Crippen LogP contribution in [0.3, 0.4) is 0 Å². The number of nitrogens with zero attached hydrogens (tertiary/aromatic N) is 3. The molecular weight excluding hydrogens is 328 g/mol. The molecule has 0 radical (unpaired) electrons. The molecule has 0 aliphatic rings. The van der Waals surface area contributed by atoms with Crippen molar-refractivity contribution in [1.29, 1.82) is 0 Å². The van der Waals surface area contributed by atoms with Crippen LogP contribution in [0.2, 0.25) is 0 Å². The highest BCUT2D eigenvalue weighted by Gasteiger charge is 2.10. The molecule has 4 rings (SSSR count). The number of hydrogen-bond donors (Lipinski definition) is 1. The van der Waals surface area contributed by atoms with Crippen LogP contribution in [0.4, 0.5) is 5.82 Å². The van der Waals surface area contributed by atoms with Crippen LogP contribution in [-0.4, -0.2) is 20.4 Å². The third kappa shape index (κ3) is 2.93. The number of fused-ring (bicyclic) bond motifs is 2. The van der Waals surface area contributed by atoms with Crippen molar-refractivity contribution in [3.05, 3.63) is 76.8 Å². The number of carbonyl (C=O) groups excluding carboxylic acids is 1. The lowest BCUT2D eigenvalue weighted by Gasteiger charge is -2.09. The minimum absolute atomic E-state index is 0.121. The average Bonchev–Trinajstić information content (AvgIpc) is 2.64. The minimum atomic E-state index is -0.330. The number of pyridine rings is 1. The molecule has 2 heterocycles. The number of anilines is 1. The third-order valence-corrected chi connectivity index (χ3v) is 4.24. The molecule has 2 aromatic heterocycles. The summed E-state index contributed by atoms with van der Waals surface area (Å²) in [7, 11) is 0. The maximum absolute atomic E-state index is 12.6. The molecule has 128 valence electrons. The van der Waals surface area contributed by atoms with Gasteiger partial charge in [0.15, 0.2) is 0 Å². The Kier molecular flexibility index (Phi) is 3.93. The number of para-hydroxylation sites is 2. The first-order chi connectivity index (χ1) is 12.6. The van der Waals surface area contributed by atoms with Gasteiger partial charge in [-0.05, 0) is 36.8 Å². The third-order valence-electron chi connectivity index (χ3n) is 4.24. The fourth-order valence-electron chi connectivity index (χ4n) is 2.92. The summed E-state index contributed by atoms with van der Waals surface area (Å²) in [5, 5.41) is 4.23. The van der Waals surface area contributed by atoms with Crippen LogP contribution in [0, 0.1) is 6.92 Å². The zero-order chi connectivity index (χ0) is 18.1. The molecule has 0 aliphatic heterocycles. The fourth-order valence-corrected chi connectivity index (χ4v) is 2.92. The van der Waals surface area contributed by atoms with Gasteiger partial charge in [0.25, 0.3) is 5.56 Å². The first kappa shape index (κ1) is 16.0. The number of rotatable bonds is 3. The van der Waals surface area contributed by atoms with E-state index in [9.17, 15) is 9.59 Å². The Labute approximate surface area is 149 Å². The van der Waals surface area contributed by atoms with Crippen LogP contribution in [0.5, 0.6) is 0 Å². The van der Waals surface area contributed by atoms with Crippen LogP contribution >= 0.6 is 0 Å². The Hall–Kier alpha value is -3.54. The van der Waals surface area contributed by atoms with Gasteiger partial charge in [-0.15, -0.1) is 0 Å². The number of hydrogen-bond acceptors (Lipinski definition) is 4. The molecule has 0 saturated heterocycles. The van der Waals surface area contributed by atoms with Gasteiger partial charge in [0.1, 0.15) is 12.4 Å². The molecule has 0 bridgehead atoms. The van der Waals surface area contributed by atoms with E-state index in [-0.39, 0.29) is 18.0 Å². The highest BCUT2D eigenvalue weighted by molar-refractivity contribution is 5.91. The van der Waals surface area contributed by atoms with E-state index in [0.717, 1.165) is 16.5 Å². The molecule has 6 heteroatoms. The van der Waals surface area contributed by atoms with Crippen LogP contribution in [0.25, 0.3) is 21.8 Å². The predicted molar refractivity (Wildman–Crippen MR) is 101 cm³/mol. The molecule has 6 nitrogen and oxygen atoms in total. The molecule has 26 heavy (non-hydrogen) atoms. The summed E-state index contributed by atoms with van der Waals surface area (Å²) in [6, 6.07) is 16.7. The zero-order valence-corrected chi connectivity index (χ0v) is 14.1. The summed E-state index contributed by atoms with van der Waals surface area (Å²) in [4.78, 5) is 33.6. The molecule has 0 unspecified atom stereocenters. The van der Waals surface area contributed by atoms with Gasteiger partial charge in [0.05, 0.1) is 22.7 Å². The Balaban J connectivity index is 1.58. The summed E-state index contributed by atoms with van der Waals surface area (Å²) in [6.45, 7) is 1.78. The van der Waals surface area contributed by atoms with Gasteiger partial charge >= 0.3 is 0 Å². The Morgan fingerprint density at radius 2 is 1.92 bits per heavy atom. The van der Waals surface area contributed by atoms with Crippen molar-refractivity contribution < 1.29 is 4.79 Å². The maximum atomic E-state index is 12.6. The number of amides is 1. The van der Waals surface area contributed by atoms with E-state index in [1.165, 1.54) is 10.9 Å². The van der Waals surface area contributed by atoms with Crippen molar-refractivity contribution in [2.24, 2.45) is 0 Å². The number of aromatic nitrogens is 3. The van der Waals surface area contributed by atoms with Crippen molar-refractivity contribution in [1.82, 2.24) is 14.5 Å². The van der Waals surface area contributed by atoms with Crippen LogP contribution in [0.1, 0.15) is 5.56 Å². The summed E-state index contributed by atoms with van der Waals surface area (Å²) in [5.74, 6) is 0.120. The maximum Gasteiger partial charge on any atom is 0.261 e. The van der Waals surface area contributed by atoms with Gasteiger partial charge in [-0.1, -0.05) is 30.3 Å². The summed E-state index contributed by atoms with van der Waals surface area (Å²) in [6.07, 6.45) is 1.41. The van der Waals surface area contributed by atoms with Crippen molar-refractivity contribution in [2.45, 2.75) is 13.5 Å². The topological polar surface area (TPSA) is 76.9 Å². The second kappa shape index (κ2) is 6.40. The zero-order valence-electron chi connectivity index (χ0n) is 14.1. The Bertz CT molecular complexity index is 1200. The number of benzene rings is 2. The van der Waals surface area contributed by atoms with Gasteiger partial charge in [-0.3, -0.25) is 14.2 Å². The number of nitrogens with one attached hydrogen (secondary N) is 1. The summed E-state index contributed by atoms with van der Waals surface area (Å²) >= 11 is 0. The van der Waals surface area contributed by atoms with Gasteiger partial charge in [0, 0.05) is 5.39 Å². The SMILES string of the molecule is Cc1cccc2c(=O)n(CC(=O)Nc3ccc4ccccc4n3)cnc12. The van der Waals surface area contributed by atoms with Gasteiger partial charge < -0.3 is 5.32 Å². The highest BCUT2D eigenvalue weighted by Crippen LogP contribution is 2.15.